The first-order valence-corrected chi connectivity index (χ1v) is 5.53. The summed E-state index contributed by atoms with van der Waals surface area (Å²) >= 11 is 0. The predicted molar refractivity (Wildman–Crippen MR) is 57.0 cm³/mol. The zero-order valence-electron chi connectivity index (χ0n) is 9.31. The fourth-order valence-electron chi connectivity index (χ4n) is 2.71. The van der Waals surface area contributed by atoms with E-state index in [1.54, 1.807) is 0 Å². The fraction of sp³-hybridized carbons (Fsp3) is 0.700. The van der Waals surface area contributed by atoms with Gasteiger partial charge in [0.2, 0.25) is 11.8 Å². The molecule has 0 unspecified atom stereocenters. The monoisotopic (exact) mass is 241 g/mol. The van der Waals surface area contributed by atoms with Crippen LogP contribution in [0.3, 0.4) is 0 Å². The molecule has 2 aliphatic rings. The van der Waals surface area contributed by atoms with Gasteiger partial charge >= 0.3 is 6.09 Å². The van der Waals surface area contributed by atoms with Crippen molar-refractivity contribution in [3.05, 3.63) is 0 Å². The lowest BCUT2D eigenvalue weighted by Crippen LogP contribution is -2.47. The first-order valence-electron chi connectivity index (χ1n) is 5.53. The van der Waals surface area contributed by atoms with Crippen molar-refractivity contribution in [1.82, 2.24) is 10.2 Å². The van der Waals surface area contributed by atoms with Crippen LogP contribution in [0, 0.1) is 5.41 Å². The standard InChI is InChI=1S/C10H15N3O4/c11-7(14)6-4-10(5-13(6)9(16)17)2-1-3-12-8(10)15/h6H,1-5H2,(H2,11,14)(H,12,15)(H,16,17)/t6-,10+/m0/s1. The molecule has 2 heterocycles. The zero-order valence-corrected chi connectivity index (χ0v) is 9.31. The highest BCUT2D eigenvalue weighted by Crippen LogP contribution is 2.40. The van der Waals surface area contributed by atoms with Crippen molar-refractivity contribution in [2.45, 2.75) is 25.3 Å². The van der Waals surface area contributed by atoms with Crippen molar-refractivity contribution in [3.8, 4) is 0 Å². The van der Waals surface area contributed by atoms with Crippen molar-refractivity contribution < 1.29 is 19.5 Å². The van der Waals surface area contributed by atoms with Crippen LogP contribution in [-0.4, -0.2) is 47.0 Å². The summed E-state index contributed by atoms with van der Waals surface area (Å²) in [6.45, 7) is 0.663. The van der Waals surface area contributed by atoms with Gasteiger partial charge in [0.1, 0.15) is 6.04 Å². The summed E-state index contributed by atoms with van der Waals surface area (Å²) in [7, 11) is 0. The van der Waals surface area contributed by atoms with E-state index in [1.807, 2.05) is 0 Å². The largest absolute Gasteiger partial charge is 0.465 e. The Bertz CT molecular complexity index is 360. The summed E-state index contributed by atoms with van der Waals surface area (Å²) in [6.07, 6.45) is 0.390. The number of piperidine rings is 1. The maximum atomic E-state index is 11.9. The molecule has 0 aliphatic carbocycles. The SMILES string of the molecule is NC(=O)[C@@H]1C[C@]2(CCCNC2=O)CN1C(=O)O. The predicted octanol–water partition coefficient (Wildman–Crippen LogP) is -0.880. The van der Waals surface area contributed by atoms with E-state index < -0.39 is 23.5 Å². The number of hydrogen-bond acceptors (Lipinski definition) is 3. The average molecular weight is 241 g/mol. The molecule has 2 rings (SSSR count). The van der Waals surface area contributed by atoms with E-state index in [9.17, 15) is 14.4 Å². The van der Waals surface area contributed by atoms with E-state index in [4.69, 9.17) is 10.8 Å². The first kappa shape index (κ1) is 11.7. The molecule has 17 heavy (non-hydrogen) atoms. The summed E-state index contributed by atoms with van der Waals surface area (Å²) < 4.78 is 0. The molecule has 7 nitrogen and oxygen atoms in total. The van der Waals surface area contributed by atoms with E-state index in [0.717, 1.165) is 11.3 Å². The number of amides is 3. The van der Waals surface area contributed by atoms with Gasteiger partial charge in [-0.15, -0.1) is 0 Å². The minimum atomic E-state index is -1.20. The first-order chi connectivity index (χ1) is 7.96. The molecule has 2 atom stereocenters. The number of carboxylic acid groups (broad SMARTS) is 1. The average Bonchev–Trinajstić information content (AvgIpc) is 2.64. The topological polar surface area (TPSA) is 113 Å². The molecule has 0 aromatic heterocycles. The minimum absolute atomic E-state index is 0.0573. The van der Waals surface area contributed by atoms with Gasteiger partial charge in [0.15, 0.2) is 0 Å². The maximum absolute atomic E-state index is 11.9. The van der Waals surface area contributed by atoms with Crippen LogP contribution >= 0.6 is 0 Å². The second-order valence-corrected chi connectivity index (χ2v) is 4.67. The van der Waals surface area contributed by atoms with Crippen molar-refractivity contribution in [2.24, 2.45) is 11.1 Å². The molecule has 2 saturated heterocycles. The highest BCUT2D eigenvalue weighted by molar-refractivity contribution is 5.90. The lowest BCUT2D eigenvalue weighted by molar-refractivity contribution is -0.132. The molecular formula is C10H15N3O4. The van der Waals surface area contributed by atoms with Crippen LogP contribution in [-0.2, 0) is 9.59 Å². The van der Waals surface area contributed by atoms with E-state index in [2.05, 4.69) is 5.32 Å². The number of nitrogens with zero attached hydrogens (tertiary/aromatic N) is 1. The number of likely N-dealkylation sites (tertiary alicyclic amines) is 1. The molecule has 3 amide bonds. The van der Waals surface area contributed by atoms with E-state index in [0.29, 0.717) is 13.0 Å². The van der Waals surface area contributed by atoms with Gasteiger partial charge in [-0.2, -0.15) is 0 Å². The number of carbonyl (C=O) groups is 3. The molecule has 2 aliphatic heterocycles. The Labute approximate surface area is 97.9 Å². The van der Waals surface area contributed by atoms with Gasteiger partial charge in [0.25, 0.3) is 0 Å². The minimum Gasteiger partial charge on any atom is -0.465 e. The zero-order chi connectivity index (χ0) is 12.6. The number of carbonyl (C=O) groups excluding carboxylic acids is 2. The molecule has 4 N–H and O–H groups in total. The number of hydrogen-bond donors (Lipinski definition) is 3. The number of nitrogens with one attached hydrogen (secondary N) is 1. The lowest BCUT2D eigenvalue weighted by Gasteiger charge is -2.31. The Morgan fingerprint density at radius 3 is 2.71 bits per heavy atom. The molecule has 1 spiro atoms. The van der Waals surface area contributed by atoms with Crippen LogP contribution in [0.5, 0.6) is 0 Å². The van der Waals surface area contributed by atoms with Crippen molar-refractivity contribution in [1.29, 1.82) is 0 Å². The Morgan fingerprint density at radius 1 is 1.53 bits per heavy atom. The quantitative estimate of drug-likeness (QED) is 0.553. The van der Waals surface area contributed by atoms with E-state index in [1.165, 1.54) is 0 Å². The Morgan fingerprint density at radius 2 is 2.24 bits per heavy atom. The summed E-state index contributed by atoms with van der Waals surface area (Å²) in [6, 6.07) is -0.892. The summed E-state index contributed by atoms with van der Waals surface area (Å²) in [5, 5.41) is 11.7. The van der Waals surface area contributed by atoms with Gasteiger partial charge in [-0.05, 0) is 19.3 Å². The van der Waals surface area contributed by atoms with Crippen molar-refractivity contribution >= 4 is 17.9 Å². The Balaban J connectivity index is 2.26. The van der Waals surface area contributed by atoms with Gasteiger partial charge in [0.05, 0.1) is 5.41 Å². The van der Waals surface area contributed by atoms with Crippen LogP contribution < -0.4 is 11.1 Å². The van der Waals surface area contributed by atoms with Gasteiger partial charge in [-0.3, -0.25) is 14.5 Å². The number of nitrogens with two attached hydrogens (primary N) is 1. The Hall–Kier alpha value is -1.79. The molecule has 0 radical (unpaired) electrons. The van der Waals surface area contributed by atoms with Crippen molar-refractivity contribution in [2.75, 3.05) is 13.1 Å². The second-order valence-electron chi connectivity index (χ2n) is 4.67. The summed E-state index contributed by atoms with van der Waals surface area (Å²) in [4.78, 5) is 35.1. The molecule has 0 aromatic carbocycles. The maximum Gasteiger partial charge on any atom is 0.408 e. The van der Waals surface area contributed by atoms with E-state index in [-0.39, 0.29) is 18.9 Å². The second kappa shape index (κ2) is 3.90. The van der Waals surface area contributed by atoms with E-state index >= 15 is 0 Å². The van der Waals surface area contributed by atoms with Crippen LogP contribution in [0.15, 0.2) is 0 Å². The summed E-state index contributed by atoms with van der Waals surface area (Å²) in [5.41, 5.74) is 4.42. The van der Waals surface area contributed by atoms with Crippen molar-refractivity contribution in [3.63, 3.8) is 0 Å². The smallest absolute Gasteiger partial charge is 0.408 e. The van der Waals surface area contributed by atoms with Crippen LogP contribution in [0.25, 0.3) is 0 Å². The fourth-order valence-corrected chi connectivity index (χ4v) is 2.71. The molecule has 94 valence electrons. The highest BCUT2D eigenvalue weighted by atomic mass is 16.4. The molecule has 0 saturated carbocycles. The molecule has 7 heteroatoms. The lowest BCUT2D eigenvalue weighted by atomic mass is 9.78. The number of rotatable bonds is 1. The molecule has 2 fully saturated rings. The van der Waals surface area contributed by atoms with Gasteiger partial charge in [-0.1, -0.05) is 0 Å². The highest BCUT2D eigenvalue weighted by Gasteiger charge is 2.53. The number of primary amides is 1. The van der Waals surface area contributed by atoms with Crippen LogP contribution in [0.1, 0.15) is 19.3 Å². The third-order valence-electron chi connectivity index (χ3n) is 3.61. The van der Waals surface area contributed by atoms with Crippen LogP contribution in [0.4, 0.5) is 4.79 Å². The third kappa shape index (κ3) is 1.81. The van der Waals surface area contributed by atoms with Gasteiger partial charge in [-0.25, -0.2) is 4.79 Å². The molecule has 0 bridgehead atoms. The normalized spacial score (nSPS) is 32.6. The summed E-state index contributed by atoms with van der Waals surface area (Å²) in [5.74, 6) is -0.860. The van der Waals surface area contributed by atoms with Gasteiger partial charge < -0.3 is 16.2 Å². The molecule has 0 aromatic rings. The third-order valence-corrected chi connectivity index (χ3v) is 3.61. The Kier molecular flexibility index (Phi) is 2.68. The van der Waals surface area contributed by atoms with Crippen LogP contribution in [0.2, 0.25) is 0 Å². The molecular weight excluding hydrogens is 226 g/mol. The van der Waals surface area contributed by atoms with Gasteiger partial charge in [0, 0.05) is 13.1 Å².